The largest absolute Gasteiger partial charge is 0.390 e. The quantitative estimate of drug-likeness (QED) is 0.918. The van der Waals surface area contributed by atoms with Crippen molar-refractivity contribution in [3.63, 3.8) is 0 Å². The second kappa shape index (κ2) is 6.98. The molecule has 0 saturated carbocycles. The number of pyridine rings is 1. The highest BCUT2D eigenvalue weighted by Gasteiger charge is 2.21. The molecule has 0 unspecified atom stereocenters. The summed E-state index contributed by atoms with van der Waals surface area (Å²) in [7, 11) is 0. The van der Waals surface area contributed by atoms with E-state index in [1.165, 1.54) is 0 Å². The van der Waals surface area contributed by atoms with E-state index in [2.05, 4.69) is 14.9 Å². The number of aromatic nitrogens is 2. The van der Waals surface area contributed by atoms with Crippen LogP contribution in [0.25, 0.3) is 0 Å². The molecule has 1 aliphatic rings. The molecule has 1 fully saturated rings. The van der Waals surface area contributed by atoms with Crippen LogP contribution in [-0.2, 0) is 18.0 Å². The first kappa shape index (κ1) is 14.4. The fourth-order valence-corrected chi connectivity index (χ4v) is 3.30. The van der Waals surface area contributed by atoms with Crippen LogP contribution in [0, 0.1) is 0 Å². The van der Waals surface area contributed by atoms with E-state index >= 15 is 0 Å². The fraction of sp³-hybridized carbons (Fsp3) is 0.467. The molecule has 0 aromatic carbocycles. The Morgan fingerprint density at radius 2 is 2.24 bits per heavy atom. The molecule has 112 valence electrons. The molecule has 2 aromatic heterocycles. The Kier molecular flexibility index (Phi) is 4.80. The molecule has 0 aliphatic carbocycles. The first-order valence-corrected chi connectivity index (χ1v) is 8.04. The normalized spacial score (nSPS) is 16.3. The van der Waals surface area contributed by atoms with Crippen molar-refractivity contribution in [1.82, 2.24) is 9.97 Å². The molecule has 0 radical (unpaired) electrons. The van der Waals surface area contributed by atoms with Crippen LogP contribution < -0.4 is 4.90 Å². The third-order valence-corrected chi connectivity index (χ3v) is 4.57. The molecule has 1 aliphatic heterocycles. The van der Waals surface area contributed by atoms with Crippen LogP contribution >= 0.6 is 11.3 Å². The Morgan fingerprint density at radius 3 is 2.90 bits per heavy atom. The van der Waals surface area contributed by atoms with Gasteiger partial charge in [0.2, 0.25) is 0 Å². The standard InChI is InChI=1S/C15H19N3O2S/c19-9-13-11-21-15(17-13)18-6-3-14(4-7-18)20-10-12-2-1-5-16-8-12/h1-2,5,8,11,14,19H,3-4,6-7,9-10H2. The van der Waals surface area contributed by atoms with Crippen molar-refractivity contribution in [2.75, 3.05) is 18.0 Å². The van der Waals surface area contributed by atoms with Gasteiger partial charge in [-0.2, -0.15) is 0 Å². The molecule has 0 amide bonds. The van der Waals surface area contributed by atoms with E-state index in [0.29, 0.717) is 12.7 Å². The van der Waals surface area contributed by atoms with Gasteiger partial charge in [-0.15, -0.1) is 11.3 Å². The number of aliphatic hydroxyl groups excluding tert-OH is 1. The summed E-state index contributed by atoms with van der Waals surface area (Å²) in [5.41, 5.74) is 1.87. The van der Waals surface area contributed by atoms with E-state index in [-0.39, 0.29) is 6.61 Å². The summed E-state index contributed by atoms with van der Waals surface area (Å²) in [5, 5.41) is 12.0. The van der Waals surface area contributed by atoms with E-state index in [4.69, 9.17) is 9.84 Å². The maximum atomic E-state index is 9.07. The number of aliphatic hydroxyl groups is 1. The third kappa shape index (κ3) is 3.78. The number of piperidine rings is 1. The lowest BCUT2D eigenvalue weighted by molar-refractivity contribution is 0.0250. The third-order valence-electron chi connectivity index (χ3n) is 3.62. The van der Waals surface area contributed by atoms with Crippen molar-refractivity contribution in [3.05, 3.63) is 41.2 Å². The zero-order valence-electron chi connectivity index (χ0n) is 11.8. The van der Waals surface area contributed by atoms with E-state index in [9.17, 15) is 0 Å². The lowest BCUT2D eigenvalue weighted by Crippen LogP contribution is -2.37. The van der Waals surface area contributed by atoms with Crippen molar-refractivity contribution in [3.8, 4) is 0 Å². The summed E-state index contributed by atoms with van der Waals surface area (Å²) in [6.07, 6.45) is 5.94. The number of hydrogen-bond donors (Lipinski definition) is 1. The first-order chi connectivity index (χ1) is 10.3. The average Bonchev–Trinajstić information content (AvgIpc) is 3.03. The van der Waals surface area contributed by atoms with Crippen LogP contribution in [0.3, 0.4) is 0 Å². The summed E-state index contributed by atoms with van der Waals surface area (Å²) in [6.45, 7) is 2.55. The van der Waals surface area contributed by atoms with E-state index in [1.807, 2.05) is 23.7 Å². The van der Waals surface area contributed by atoms with Gasteiger partial charge in [0.05, 0.1) is 25.0 Å². The van der Waals surface area contributed by atoms with Gasteiger partial charge in [-0.1, -0.05) is 6.07 Å². The lowest BCUT2D eigenvalue weighted by atomic mass is 10.1. The molecular weight excluding hydrogens is 286 g/mol. The van der Waals surface area contributed by atoms with Crippen LogP contribution in [0.5, 0.6) is 0 Å². The molecule has 3 rings (SSSR count). The number of thiazole rings is 1. The predicted molar refractivity (Wildman–Crippen MR) is 82.3 cm³/mol. The van der Waals surface area contributed by atoms with E-state index in [0.717, 1.165) is 42.3 Å². The number of ether oxygens (including phenoxy) is 1. The highest BCUT2D eigenvalue weighted by molar-refractivity contribution is 7.13. The second-order valence-corrected chi connectivity index (χ2v) is 5.97. The molecule has 6 heteroatoms. The van der Waals surface area contributed by atoms with Crippen molar-refractivity contribution in [1.29, 1.82) is 0 Å². The highest BCUT2D eigenvalue weighted by Crippen LogP contribution is 2.25. The van der Waals surface area contributed by atoms with Crippen molar-refractivity contribution in [2.45, 2.75) is 32.2 Å². The summed E-state index contributed by atoms with van der Waals surface area (Å²) in [4.78, 5) is 10.8. The van der Waals surface area contributed by atoms with Crippen LogP contribution in [0.15, 0.2) is 29.9 Å². The van der Waals surface area contributed by atoms with Gasteiger partial charge < -0.3 is 14.7 Å². The molecule has 3 heterocycles. The van der Waals surface area contributed by atoms with Gasteiger partial charge >= 0.3 is 0 Å². The van der Waals surface area contributed by atoms with Crippen molar-refractivity contribution in [2.24, 2.45) is 0 Å². The molecule has 1 saturated heterocycles. The predicted octanol–water partition coefficient (Wildman–Crippen LogP) is 2.22. The zero-order valence-corrected chi connectivity index (χ0v) is 12.6. The number of hydrogen-bond acceptors (Lipinski definition) is 6. The Balaban J connectivity index is 1.46. The first-order valence-electron chi connectivity index (χ1n) is 7.16. The average molecular weight is 305 g/mol. The van der Waals surface area contributed by atoms with Gasteiger partial charge in [0, 0.05) is 30.9 Å². The SMILES string of the molecule is OCc1csc(N2CCC(OCc3cccnc3)CC2)n1. The maximum absolute atomic E-state index is 9.07. The summed E-state index contributed by atoms with van der Waals surface area (Å²) >= 11 is 1.60. The minimum atomic E-state index is 0.0151. The summed E-state index contributed by atoms with van der Waals surface area (Å²) < 4.78 is 5.96. The van der Waals surface area contributed by atoms with Gasteiger partial charge in [0.1, 0.15) is 0 Å². The topological polar surface area (TPSA) is 58.5 Å². The monoisotopic (exact) mass is 305 g/mol. The molecule has 1 N–H and O–H groups in total. The van der Waals surface area contributed by atoms with Gasteiger partial charge in [-0.3, -0.25) is 4.98 Å². The van der Waals surface area contributed by atoms with Crippen molar-refractivity contribution >= 4 is 16.5 Å². The van der Waals surface area contributed by atoms with Crippen LogP contribution in [0.4, 0.5) is 5.13 Å². The lowest BCUT2D eigenvalue weighted by Gasteiger charge is -2.31. The minimum absolute atomic E-state index is 0.0151. The Labute approximate surface area is 128 Å². The maximum Gasteiger partial charge on any atom is 0.185 e. The van der Waals surface area contributed by atoms with Gasteiger partial charge in [0.25, 0.3) is 0 Å². The van der Waals surface area contributed by atoms with E-state index < -0.39 is 0 Å². The molecule has 21 heavy (non-hydrogen) atoms. The second-order valence-electron chi connectivity index (χ2n) is 5.14. The Morgan fingerprint density at radius 1 is 1.38 bits per heavy atom. The van der Waals surface area contributed by atoms with E-state index in [1.54, 1.807) is 17.5 Å². The highest BCUT2D eigenvalue weighted by atomic mass is 32.1. The van der Waals surface area contributed by atoms with Crippen LogP contribution in [-0.4, -0.2) is 34.3 Å². The molecule has 0 bridgehead atoms. The minimum Gasteiger partial charge on any atom is -0.390 e. The summed E-state index contributed by atoms with van der Waals surface area (Å²) in [5.74, 6) is 0. The van der Waals surface area contributed by atoms with Crippen molar-refractivity contribution < 1.29 is 9.84 Å². The number of rotatable bonds is 5. The van der Waals surface area contributed by atoms with Gasteiger partial charge in [-0.05, 0) is 24.5 Å². The Bertz CT molecular complexity index is 553. The number of nitrogens with zero attached hydrogens (tertiary/aromatic N) is 3. The Hall–Kier alpha value is -1.50. The molecule has 0 atom stereocenters. The fourth-order valence-electron chi connectivity index (χ4n) is 2.43. The molecular formula is C15H19N3O2S. The molecule has 5 nitrogen and oxygen atoms in total. The zero-order chi connectivity index (χ0) is 14.5. The van der Waals surface area contributed by atoms with Crippen LogP contribution in [0.2, 0.25) is 0 Å². The van der Waals surface area contributed by atoms with Gasteiger partial charge in [0.15, 0.2) is 5.13 Å². The smallest absolute Gasteiger partial charge is 0.185 e. The van der Waals surface area contributed by atoms with Gasteiger partial charge in [-0.25, -0.2) is 4.98 Å². The van der Waals surface area contributed by atoms with Crippen LogP contribution in [0.1, 0.15) is 24.1 Å². The molecule has 2 aromatic rings. The number of anilines is 1. The summed E-state index contributed by atoms with van der Waals surface area (Å²) in [6, 6.07) is 3.97. The molecule has 0 spiro atoms.